The number of hydrogen-bond acceptors (Lipinski definition) is 2. The Bertz CT molecular complexity index is 387. The van der Waals surface area contributed by atoms with Crippen LogP contribution in [0.4, 0.5) is 0 Å². The van der Waals surface area contributed by atoms with Gasteiger partial charge in [0.25, 0.3) is 0 Å². The van der Waals surface area contributed by atoms with Crippen molar-refractivity contribution >= 4 is 26.7 Å². The van der Waals surface area contributed by atoms with Crippen molar-refractivity contribution in [3.05, 3.63) is 34.3 Å². The molecule has 0 aliphatic heterocycles. The molecule has 0 amide bonds. The van der Waals surface area contributed by atoms with Crippen LogP contribution in [-0.2, 0) is 17.3 Å². The lowest BCUT2D eigenvalue weighted by Gasteiger charge is -2.17. The molecule has 1 aromatic rings. The molecule has 1 aromatic carbocycles. The molecule has 0 unspecified atom stereocenters. The van der Waals surface area contributed by atoms with Crippen LogP contribution in [0.1, 0.15) is 26.3 Å². The van der Waals surface area contributed by atoms with Gasteiger partial charge in [-0.05, 0) is 32.4 Å². The minimum Gasteiger partial charge on any atom is -0.312 e. The molecule has 0 saturated heterocycles. The van der Waals surface area contributed by atoms with Crippen LogP contribution in [-0.4, -0.2) is 21.3 Å². The van der Waals surface area contributed by atoms with Gasteiger partial charge in [0.2, 0.25) is 0 Å². The molecule has 0 spiro atoms. The summed E-state index contributed by atoms with van der Waals surface area (Å²) in [6.45, 7) is 7.62. The third-order valence-corrected chi connectivity index (χ3v) is 5.14. The third kappa shape index (κ3) is 5.32. The SMILES string of the molecule is CC(C)(C)[S@](=O)CCNCc1ccccc1Br. The van der Waals surface area contributed by atoms with Gasteiger partial charge in [-0.15, -0.1) is 0 Å². The van der Waals surface area contributed by atoms with Gasteiger partial charge in [0, 0.05) is 38.9 Å². The molecule has 1 atom stereocenters. The van der Waals surface area contributed by atoms with Gasteiger partial charge in [-0.1, -0.05) is 34.1 Å². The second kappa shape index (κ2) is 6.66. The number of halogens is 1. The predicted octanol–water partition coefficient (Wildman–Crippen LogP) is 3.09. The minimum atomic E-state index is -0.775. The lowest BCUT2D eigenvalue weighted by molar-refractivity contribution is 0.640. The van der Waals surface area contributed by atoms with E-state index in [0.717, 1.165) is 17.6 Å². The number of hydrogen-bond donors (Lipinski definition) is 1. The highest BCUT2D eigenvalue weighted by Crippen LogP contribution is 2.15. The maximum Gasteiger partial charge on any atom is 0.0375 e. The van der Waals surface area contributed by atoms with Crippen molar-refractivity contribution in [1.82, 2.24) is 5.32 Å². The van der Waals surface area contributed by atoms with E-state index in [0.29, 0.717) is 5.75 Å². The first-order valence-corrected chi connectivity index (χ1v) is 7.85. The molecule has 0 heterocycles. The zero-order valence-corrected chi connectivity index (χ0v) is 13.0. The molecule has 1 rings (SSSR count). The van der Waals surface area contributed by atoms with Gasteiger partial charge in [-0.2, -0.15) is 0 Å². The summed E-state index contributed by atoms with van der Waals surface area (Å²) in [7, 11) is -0.775. The lowest BCUT2D eigenvalue weighted by atomic mass is 10.2. The summed E-state index contributed by atoms with van der Waals surface area (Å²) < 4.78 is 12.8. The highest BCUT2D eigenvalue weighted by molar-refractivity contribution is 9.10. The Morgan fingerprint density at radius 2 is 1.94 bits per heavy atom. The van der Waals surface area contributed by atoms with Crippen molar-refractivity contribution in [2.24, 2.45) is 0 Å². The normalized spacial score (nSPS) is 13.6. The lowest BCUT2D eigenvalue weighted by Crippen LogP contribution is -2.29. The number of benzene rings is 1. The second-order valence-corrected chi connectivity index (χ2v) is 8.11. The third-order valence-electron chi connectivity index (χ3n) is 2.42. The van der Waals surface area contributed by atoms with Crippen LogP contribution in [0, 0.1) is 0 Å². The fourth-order valence-corrected chi connectivity index (χ4v) is 2.70. The molecule has 0 aliphatic carbocycles. The second-order valence-electron chi connectivity index (χ2n) is 4.93. The van der Waals surface area contributed by atoms with Crippen molar-refractivity contribution in [1.29, 1.82) is 0 Å². The van der Waals surface area contributed by atoms with E-state index in [1.54, 1.807) is 0 Å². The van der Waals surface area contributed by atoms with Gasteiger partial charge >= 0.3 is 0 Å². The quantitative estimate of drug-likeness (QED) is 0.845. The Balaban J connectivity index is 2.30. The molecule has 96 valence electrons. The molecule has 0 aliphatic rings. The van der Waals surface area contributed by atoms with Crippen LogP contribution in [0.15, 0.2) is 28.7 Å². The van der Waals surface area contributed by atoms with E-state index >= 15 is 0 Å². The fourth-order valence-electron chi connectivity index (χ4n) is 1.34. The van der Waals surface area contributed by atoms with Crippen molar-refractivity contribution in [3.8, 4) is 0 Å². The topological polar surface area (TPSA) is 29.1 Å². The zero-order chi connectivity index (χ0) is 12.9. The Labute approximate surface area is 115 Å². The van der Waals surface area contributed by atoms with E-state index in [1.165, 1.54) is 5.56 Å². The molecule has 0 aromatic heterocycles. The minimum absolute atomic E-state index is 0.116. The van der Waals surface area contributed by atoms with E-state index in [1.807, 2.05) is 39.0 Å². The van der Waals surface area contributed by atoms with Gasteiger partial charge in [0.15, 0.2) is 0 Å². The van der Waals surface area contributed by atoms with Crippen molar-refractivity contribution < 1.29 is 4.21 Å². The van der Waals surface area contributed by atoms with Gasteiger partial charge < -0.3 is 5.32 Å². The Hall–Kier alpha value is -0.190. The summed E-state index contributed by atoms with van der Waals surface area (Å²) in [5.41, 5.74) is 1.23. The standard InChI is InChI=1S/C13H20BrNOS/c1-13(2,3)17(16)9-8-15-10-11-6-4-5-7-12(11)14/h4-7,15H,8-10H2,1-3H3/t17-/m1/s1. The van der Waals surface area contributed by atoms with Crippen LogP contribution in [0.25, 0.3) is 0 Å². The molecular weight excluding hydrogens is 298 g/mol. The summed E-state index contributed by atoms with van der Waals surface area (Å²) >= 11 is 3.51. The summed E-state index contributed by atoms with van der Waals surface area (Å²) in [6, 6.07) is 8.14. The molecule has 4 heteroatoms. The van der Waals surface area contributed by atoms with Gasteiger partial charge in [0.05, 0.1) is 0 Å². The average molecular weight is 318 g/mol. The van der Waals surface area contributed by atoms with Crippen LogP contribution in [0.2, 0.25) is 0 Å². The van der Waals surface area contributed by atoms with E-state index in [2.05, 4.69) is 27.3 Å². The molecule has 0 saturated carbocycles. The van der Waals surface area contributed by atoms with Gasteiger partial charge in [0.1, 0.15) is 0 Å². The van der Waals surface area contributed by atoms with E-state index < -0.39 is 10.8 Å². The first kappa shape index (κ1) is 14.9. The van der Waals surface area contributed by atoms with Crippen LogP contribution >= 0.6 is 15.9 Å². The first-order chi connectivity index (χ1) is 7.91. The first-order valence-electron chi connectivity index (χ1n) is 5.74. The summed E-state index contributed by atoms with van der Waals surface area (Å²) in [5.74, 6) is 0.702. The summed E-state index contributed by atoms with van der Waals surface area (Å²) in [6.07, 6.45) is 0. The Morgan fingerprint density at radius 3 is 2.53 bits per heavy atom. The average Bonchev–Trinajstić information content (AvgIpc) is 2.25. The molecule has 0 radical (unpaired) electrons. The van der Waals surface area contributed by atoms with Crippen molar-refractivity contribution in [3.63, 3.8) is 0 Å². The van der Waals surface area contributed by atoms with Crippen LogP contribution in [0.5, 0.6) is 0 Å². The highest BCUT2D eigenvalue weighted by atomic mass is 79.9. The molecule has 0 bridgehead atoms. The molecular formula is C13H20BrNOS. The van der Waals surface area contributed by atoms with E-state index in [4.69, 9.17) is 0 Å². The van der Waals surface area contributed by atoms with Gasteiger partial charge in [-0.25, -0.2) is 0 Å². The number of rotatable bonds is 5. The maximum atomic E-state index is 11.8. The summed E-state index contributed by atoms with van der Waals surface area (Å²) in [4.78, 5) is 0. The fraction of sp³-hybridized carbons (Fsp3) is 0.538. The predicted molar refractivity (Wildman–Crippen MR) is 78.6 cm³/mol. The van der Waals surface area contributed by atoms with Gasteiger partial charge in [-0.3, -0.25) is 4.21 Å². The summed E-state index contributed by atoms with van der Waals surface area (Å²) in [5, 5.41) is 3.32. The highest BCUT2D eigenvalue weighted by Gasteiger charge is 2.18. The van der Waals surface area contributed by atoms with E-state index in [-0.39, 0.29) is 4.75 Å². The maximum absolute atomic E-state index is 11.8. The smallest absolute Gasteiger partial charge is 0.0375 e. The Morgan fingerprint density at radius 1 is 1.29 bits per heavy atom. The van der Waals surface area contributed by atoms with Crippen LogP contribution < -0.4 is 5.32 Å². The number of nitrogens with one attached hydrogen (secondary N) is 1. The zero-order valence-electron chi connectivity index (χ0n) is 10.6. The van der Waals surface area contributed by atoms with E-state index in [9.17, 15) is 4.21 Å². The van der Waals surface area contributed by atoms with Crippen molar-refractivity contribution in [2.75, 3.05) is 12.3 Å². The molecule has 0 fully saturated rings. The monoisotopic (exact) mass is 317 g/mol. The van der Waals surface area contributed by atoms with Crippen LogP contribution in [0.3, 0.4) is 0 Å². The largest absolute Gasteiger partial charge is 0.312 e. The molecule has 2 nitrogen and oxygen atoms in total. The Kier molecular flexibility index (Phi) is 5.83. The molecule has 1 N–H and O–H groups in total. The van der Waals surface area contributed by atoms with Crippen molar-refractivity contribution in [2.45, 2.75) is 32.1 Å². The molecule has 17 heavy (non-hydrogen) atoms.